The zero-order chi connectivity index (χ0) is 76.2. The summed E-state index contributed by atoms with van der Waals surface area (Å²) in [7, 11) is -9.94. The van der Waals surface area contributed by atoms with E-state index in [4.69, 9.17) is 37.0 Å². The molecule has 0 aromatic rings. The Bertz CT molecular complexity index is 2080. The van der Waals surface area contributed by atoms with Gasteiger partial charge in [0.1, 0.15) is 19.3 Å². The molecule has 3 unspecified atom stereocenters. The molecule has 104 heavy (non-hydrogen) atoms. The fraction of sp³-hybridized carbons (Fsp3) is 0.906. The largest absolute Gasteiger partial charge is 0.472 e. The first-order valence-electron chi connectivity index (χ1n) is 43.5. The Morgan fingerprint density at radius 3 is 0.817 bits per heavy atom. The van der Waals surface area contributed by atoms with Crippen LogP contribution in [0.3, 0.4) is 0 Å². The van der Waals surface area contributed by atoms with Crippen LogP contribution in [0.5, 0.6) is 0 Å². The number of unbranched alkanes of at least 4 members (excludes halogenated alkanes) is 51. The minimum Gasteiger partial charge on any atom is -0.462 e. The van der Waals surface area contributed by atoms with Gasteiger partial charge >= 0.3 is 39.5 Å². The van der Waals surface area contributed by atoms with Crippen LogP contribution >= 0.6 is 15.6 Å². The number of carbonyl (C=O) groups is 4. The number of ether oxygens (including phenoxy) is 4. The molecule has 0 aliphatic heterocycles. The molecule has 0 radical (unpaired) electrons. The number of aliphatic hydroxyl groups is 1. The Labute approximate surface area is 637 Å². The molecular formula is C85H162O17P2. The van der Waals surface area contributed by atoms with E-state index in [1.165, 1.54) is 238 Å². The molecular weight excluding hydrogens is 1350 g/mol. The van der Waals surface area contributed by atoms with E-state index in [1.807, 2.05) is 0 Å². The van der Waals surface area contributed by atoms with Gasteiger partial charge in [-0.3, -0.25) is 37.3 Å². The second-order valence-electron chi connectivity index (χ2n) is 30.1. The SMILES string of the molecule is CCCCCC/C=C\C=C/CCCCCCCC(=O)O[C@H](COC(=O)CCCCCCCCC(C)CC)COP(=O)(O)OC[C@H](O)COP(=O)(O)OC[C@@H](COC(=O)CCCCCCCCCCCCCCCCCCC)OC(=O)CCCCCCCCCCCCCCCCCCCCCCCC. The molecule has 0 aromatic heterocycles. The average Bonchev–Trinajstić information content (AvgIpc) is 0.905. The number of phosphoric ester groups is 2. The van der Waals surface area contributed by atoms with Gasteiger partial charge in [-0.1, -0.05) is 380 Å². The van der Waals surface area contributed by atoms with Crippen molar-refractivity contribution in [3.8, 4) is 0 Å². The third-order valence-corrected chi connectivity index (χ3v) is 21.7. The molecule has 0 bridgehead atoms. The number of hydrogen-bond acceptors (Lipinski definition) is 15. The molecule has 0 aliphatic rings. The van der Waals surface area contributed by atoms with Gasteiger partial charge < -0.3 is 33.8 Å². The Hall–Kier alpha value is -2.46. The van der Waals surface area contributed by atoms with Gasteiger partial charge in [0, 0.05) is 25.7 Å². The van der Waals surface area contributed by atoms with Crippen molar-refractivity contribution in [2.24, 2.45) is 5.92 Å². The van der Waals surface area contributed by atoms with E-state index in [2.05, 4.69) is 58.9 Å². The highest BCUT2D eigenvalue weighted by Crippen LogP contribution is 2.45. The molecule has 614 valence electrons. The minimum absolute atomic E-state index is 0.0846. The number of phosphoric acid groups is 2. The number of aliphatic hydroxyl groups excluding tert-OH is 1. The number of esters is 4. The maximum atomic E-state index is 13.1. The Balaban J connectivity index is 5.25. The first kappa shape index (κ1) is 102. The van der Waals surface area contributed by atoms with Crippen molar-refractivity contribution in [2.75, 3.05) is 39.6 Å². The van der Waals surface area contributed by atoms with Crippen LogP contribution in [0.15, 0.2) is 24.3 Å². The van der Waals surface area contributed by atoms with Crippen LogP contribution in [0.4, 0.5) is 0 Å². The van der Waals surface area contributed by atoms with Gasteiger partial charge in [-0.25, -0.2) is 9.13 Å². The van der Waals surface area contributed by atoms with Gasteiger partial charge in [0.2, 0.25) is 0 Å². The maximum Gasteiger partial charge on any atom is 0.472 e. The minimum atomic E-state index is -4.97. The summed E-state index contributed by atoms with van der Waals surface area (Å²) in [6.45, 7) is 7.24. The Kier molecular flexibility index (Phi) is 75.4. The topological polar surface area (TPSA) is 237 Å². The van der Waals surface area contributed by atoms with Gasteiger partial charge in [-0.05, 0) is 57.3 Å². The van der Waals surface area contributed by atoms with Gasteiger partial charge in [-0.2, -0.15) is 0 Å². The molecule has 0 aliphatic carbocycles. The van der Waals surface area contributed by atoms with E-state index in [0.29, 0.717) is 25.7 Å². The van der Waals surface area contributed by atoms with Gasteiger partial charge in [0.05, 0.1) is 26.4 Å². The van der Waals surface area contributed by atoms with Crippen LogP contribution < -0.4 is 0 Å². The van der Waals surface area contributed by atoms with Crippen molar-refractivity contribution in [3.63, 3.8) is 0 Å². The highest BCUT2D eigenvalue weighted by molar-refractivity contribution is 7.47. The molecule has 0 aromatic carbocycles. The molecule has 3 N–H and O–H groups in total. The second kappa shape index (κ2) is 77.3. The molecule has 19 heteroatoms. The Morgan fingerprint density at radius 1 is 0.308 bits per heavy atom. The van der Waals surface area contributed by atoms with E-state index >= 15 is 0 Å². The normalized spacial score (nSPS) is 14.2. The highest BCUT2D eigenvalue weighted by atomic mass is 31.2. The van der Waals surface area contributed by atoms with E-state index in [-0.39, 0.29) is 25.7 Å². The molecule has 0 spiro atoms. The molecule has 0 fully saturated rings. The molecule has 0 amide bonds. The molecule has 0 saturated heterocycles. The maximum absolute atomic E-state index is 13.1. The van der Waals surface area contributed by atoms with Crippen molar-refractivity contribution >= 4 is 39.5 Å². The lowest BCUT2D eigenvalue weighted by Gasteiger charge is -2.21. The lowest BCUT2D eigenvalue weighted by Crippen LogP contribution is -2.30. The first-order chi connectivity index (χ1) is 50.6. The summed E-state index contributed by atoms with van der Waals surface area (Å²) in [6, 6.07) is 0. The number of hydrogen-bond donors (Lipinski definition) is 3. The zero-order valence-corrected chi connectivity index (χ0v) is 69.4. The van der Waals surface area contributed by atoms with Crippen LogP contribution in [-0.4, -0.2) is 96.7 Å². The van der Waals surface area contributed by atoms with Crippen LogP contribution in [0, 0.1) is 5.92 Å². The van der Waals surface area contributed by atoms with Crippen LogP contribution in [-0.2, 0) is 65.4 Å². The van der Waals surface area contributed by atoms with Crippen molar-refractivity contribution in [2.45, 2.75) is 451 Å². The average molecular weight is 1520 g/mol. The van der Waals surface area contributed by atoms with Crippen molar-refractivity contribution in [3.05, 3.63) is 24.3 Å². The lowest BCUT2D eigenvalue weighted by atomic mass is 10.00. The van der Waals surface area contributed by atoms with E-state index < -0.39 is 97.5 Å². The van der Waals surface area contributed by atoms with Crippen molar-refractivity contribution in [1.29, 1.82) is 0 Å². The summed E-state index contributed by atoms with van der Waals surface area (Å²) in [5, 5.41) is 10.7. The van der Waals surface area contributed by atoms with Gasteiger partial charge in [0.15, 0.2) is 12.2 Å². The molecule has 6 atom stereocenters. The van der Waals surface area contributed by atoms with Crippen LogP contribution in [0.25, 0.3) is 0 Å². The highest BCUT2D eigenvalue weighted by Gasteiger charge is 2.30. The van der Waals surface area contributed by atoms with Gasteiger partial charge in [0.25, 0.3) is 0 Å². The predicted octanol–water partition coefficient (Wildman–Crippen LogP) is 25.5. The second-order valence-corrected chi connectivity index (χ2v) is 33.0. The molecule has 0 heterocycles. The summed E-state index contributed by atoms with van der Waals surface area (Å²) in [4.78, 5) is 73.1. The smallest absolute Gasteiger partial charge is 0.462 e. The van der Waals surface area contributed by atoms with Crippen molar-refractivity contribution in [1.82, 2.24) is 0 Å². The van der Waals surface area contributed by atoms with Crippen molar-refractivity contribution < 1.29 is 80.2 Å². The van der Waals surface area contributed by atoms with E-state index in [9.17, 15) is 43.2 Å². The van der Waals surface area contributed by atoms with Crippen LogP contribution in [0.1, 0.15) is 433 Å². The lowest BCUT2D eigenvalue weighted by molar-refractivity contribution is -0.161. The Morgan fingerprint density at radius 2 is 0.538 bits per heavy atom. The monoisotopic (exact) mass is 1520 g/mol. The molecule has 0 saturated carbocycles. The first-order valence-corrected chi connectivity index (χ1v) is 46.5. The number of carbonyl (C=O) groups excluding carboxylic acids is 4. The molecule has 17 nitrogen and oxygen atoms in total. The quantitative estimate of drug-likeness (QED) is 0.0169. The molecule has 0 rings (SSSR count). The predicted molar refractivity (Wildman–Crippen MR) is 428 cm³/mol. The third-order valence-electron chi connectivity index (χ3n) is 19.8. The fourth-order valence-electron chi connectivity index (χ4n) is 12.7. The summed E-state index contributed by atoms with van der Waals surface area (Å²) < 4.78 is 68.8. The summed E-state index contributed by atoms with van der Waals surface area (Å²) >= 11 is 0. The third kappa shape index (κ3) is 76.3. The standard InChI is InChI=1S/C85H162O17P2/c1-6-10-13-16-19-22-25-28-31-33-34-35-36-37-39-42-45-48-51-54-61-66-70-84(89)101-80(74-95-82(87)68-63-58-52-49-46-43-41-38-32-29-26-23-20-17-14-11-7-2)76-99-103(91,92)97-72-79(86)73-98-104(93,94)100-77-81(75-96-83(88)69-64-59-56-55-57-62-67-78(5)9-4)102-85(90)71-65-60-53-50-47-44-40-30-27-24-21-18-15-12-8-3/h24,27,30,40,78-81,86H,6-23,25-26,28-29,31-39,41-77H2,1-5H3,(H,91,92)(H,93,94)/b27-24-,40-30-/t78?,79-,80-,81-/m1/s1. The van der Waals surface area contributed by atoms with E-state index in [1.54, 1.807) is 0 Å². The number of allylic oxidation sites excluding steroid dienone is 4. The fourth-order valence-corrected chi connectivity index (χ4v) is 14.3. The van der Waals surface area contributed by atoms with E-state index in [0.717, 1.165) is 115 Å². The van der Waals surface area contributed by atoms with Crippen LogP contribution in [0.2, 0.25) is 0 Å². The summed E-state index contributed by atoms with van der Waals surface area (Å²) in [6.07, 6.45) is 73.2. The summed E-state index contributed by atoms with van der Waals surface area (Å²) in [5.74, 6) is -1.41. The summed E-state index contributed by atoms with van der Waals surface area (Å²) in [5.41, 5.74) is 0. The number of rotatable bonds is 83. The van der Waals surface area contributed by atoms with Gasteiger partial charge in [-0.15, -0.1) is 0 Å². The zero-order valence-electron chi connectivity index (χ0n) is 67.7.